The highest BCUT2D eigenvalue weighted by atomic mass is 32.2. The fourth-order valence-electron chi connectivity index (χ4n) is 2.70. The molecular weight excluding hydrogens is 320 g/mol. The highest BCUT2D eigenvalue weighted by Gasteiger charge is 2.02. The molecule has 0 aliphatic rings. The van der Waals surface area contributed by atoms with Gasteiger partial charge in [-0.15, -0.1) is 0 Å². The maximum Gasteiger partial charge on any atom is 0.306 e. The standard InChI is InChI=1S/C20H40O3S/c1-2-3-4-5-6-7-8-9-10-11-12-13-14-17-23-20(22)15-18-24-19-16-21/h21H,2-19H2,1H3. The molecule has 3 nitrogen and oxygen atoms in total. The van der Waals surface area contributed by atoms with Crippen molar-refractivity contribution in [1.82, 2.24) is 0 Å². The first-order valence-electron chi connectivity index (χ1n) is 10.2. The number of rotatable bonds is 19. The molecule has 144 valence electrons. The summed E-state index contributed by atoms with van der Waals surface area (Å²) in [6, 6.07) is 0. The average Bonchev–Trinajstić information content (AvgIpc) is 2.59. The molecule has 0 unspecified atom stereocenters. The summed E-state index contributed by atoms with van der Waals surface area (Å²) < 4.78 is 5.21. The summed E-state index contributed by atoms with van der Waals surface area (Å²) in [5, 5.41) is 8.64. The summed E-state index contributed by atoms with van der Waals surface area (Å²) in [6.45, 7) is 3.02. The molecule has 0 rings (SSSR count). The molecule has 0 fully saturated rings. The maximum absolute atomic E-state index is 11.4. The minimum absolute atomic E-state index is 0.0978. The Morgan fingerprint density at radius 2 is 1.29 bits per heavy atom. The largest absolute Gasteiger partial charge is 0.466 e. The number of aliphatic hydroxyl groups is 1. The van der Waals surface area contributed by atoms with E-state index in [4.69, 9.17) is 9.84 Å². The van der Waals surface area contributed by atoms with Crippen LogP contribution in [0.5, 0.6) is 0 Å². The van der Waals surface area contributed by atoms with Crippen molar-refractivity contribution in [1.29, 1.82) is 0 Å². The Balaban J connectivity index is 3.08. The molecule has 0 heterocycles. The number of unbranched alkanes of at least 4 members (excludes halogenated alkanes) is 12. The van der Waals surface area contributed by atoms with E-state index in [-0.39, 0.29) is 12.6 Å². The molecule has 0 saturated heterocycles. The zero-order chi connectivity index (χ0) is 17.7. The van der Waals surface area contributed by atoms with Gasteiger partial charge in [0.25, 0.3) is 0 Å². The second-order valence-electron chi connectivity index (χ2n) is 6.55. The number of aliphatic hydroxyl groups excluding tert-OH is 1. The first kappa shape index (κ1) is 23.8. The third-order valence-corrected chi connectivity index (χ3v) is 5.16. The molecule has 0 spiro atoms. The van der Waals surface area contributed by atoms with Gasteiger partial charge in [-0.3, -0.25) is 4.79 Å². The zero-order valence-electron chi connectivity index (χ0n) is 15.9. The van der Waals surface area contributed by atoms with Crippen LogP contribution in [-0.2, 0) is 9.53 Å². The van der Waals surface area contributed by atoms with E-state index >= 15 is 0 Å². The average molecular weight is 361 g/mol. The molecule has 0 aliphatic heterocycles. The van der Waals surface area contributed by atoms with Gasteiger partial charge in [0.05, 0.1) is 19.6 Å². The van der Waals surface area contributed by atoms with E-state index in [9.17, 15) is 4.79 Å². The lowest BCUT2D eigenvalue weighted by Crippen LogP contribution is -2.07. The van der Waals surface area contributed by atoms with Crippen molar-refractivity contribution in [2.24, 2.45) is 0 Å². The van der Waals surface area contributed by atoms with Crippen molar-refractivity contribution in [3.05, 3.63) is 0 Å². The van der Waals surface area contributed by atoms with Crippen LogP contribution in [0.3, 0.4) is 0 Å². The maximum atomic E-state index is 11.4. The minimum atomic E-state index is -0.0978. The lowest BCUT2D eigenvalue weighted by atomic mass is 10.0. The first-order chi connectivity index (χ1) is 11.8. The smallest absolute Gasteiger partial charge is 0.306 e. The molecule has 0 aromatic carbocycles. The third kappa shape index (κ3) is 19.8. The first-order valence-corrected chi connectivity index (χ1v) is 11.3. The van der Waals surface area contributed by atoms with Gasteiger partial charge in [0, 0.05) is 11.5 Å². The van der Waals surface area contributed by atoms with E-state index in [0.29, 0.717) is 18.8 Å². The van der Waals surface area contributed by atoms with Gasteiger partial charge in [-0.25, -0.2) is 0 Å². The van der Waals surface area contributed by atoms with Crippen LogP contribution in [0.25, 0.3) is 0 Å². The Hall–Kier alpha value is -0.220. The SMILES string of the molecule is CCCCCCCCCCCCCCCOC(=O)CCSCCO. The Kier molecular flexibility index (Phi) is 20.6. The second-order valence-corrected chi connectivity index (χ2v) is 7.77. The third-order valence-electron chi connectivity index (χ3n) is 4.20. The molecule has 0 amide bonds. The summed E-state index contributed by atoms with van der Waals surface area (Å²) in [6.07, 6.45) is 17.8. The quantitative estimate of drug-likeness (QED) is 0.236. The van der Waals surface area contributed by atoms with Gasteiger partial charge < -0.3 is 9.84 Å². The van der Waals surface area contributed by atoms with Crippen LogP contribution in [0.4, 0.5) is 0 Å². The van der Waals surface area contributed by atoms with Crippen LogP contribution in [0.1, 0.15) is 96.8 Å². The topological polar surface area (TPSA) is 46.5 Å². The normalized spacial score (nSPS) is 10.9. The minimum Gasteiger partial charge on any atom is -0.466 e. The highest BCUT2D eigenvalue weighted by molar-refractivity contribution is 7.99. The van der Waals surface area contributed by atoms with E-state index < -0.39 is 0 Å². The second kappa shape index (κ2) is 20.8. The zero-order valence-corrected chi connectivity index (χ0v) is 16.7. The molecule has 0 atom stereocenters. The predicted octanol–water partition coefficient (Wildman–Crippen LogP) is 5.74. The van der Waals surface area contributed by atoms with E-state index in [1.54, 1.807) is 11.8 Å². The number of carbonyl (C=O) groups excluding carboxylic acids is 1. The van der Waals surface area contributed by atoms with Gasteiger partial charge in [-0.2, -0.15) is 11.8 Å². The number of esters is 1. The molecule has 0 aliphatic carbocycles. The molecule has 24 heavy (non-hydrogen) atoms. The number of ether oxygens (including phenoxy) is 1. The molecule has 0 aromatic heterocycles. The van der Waals surface area contributed by atoms with Gasteiger partial charge in [0.15, 0.2) is 0 Å². The van der Waals surface area contributed by atoms with Crippen molar-refractivity contribution in [3.8, 4) is 0 Å². The van der Waals surface area contributed by atoms with Crippen molar-refractivity contribution < 1.29 is 14.6 Å². The Morgan fingerprint density at radius 3 is 1.79 bits per heavy atom. The number of thioether (sulfide) groups is 1. The van der Waals surface area contributed by atoms with Crippen LogP contribution in [0, 0.1) is 0 Å². The lowest BCUT2D eigenvalue weighted by molar-refractivity contribution is -0.143. The van der Waals surface area contributed by atoms with Gasteiger partial charge in [-0.05, 0) is 6.42 Å². The van der Waals surface area contributed by atoms with Crippen LogP contribution in [0.15, 0.2) is 0 Å². The van der Waals surface area contributed by atoms with E-state index in [1.807, 2.05) is 0 Å². The van der Waals surface area contributed by atoms with E-state index in [0.717, 1.165) is 12.2 Å². The Bertz CT molecular complexity index is 259. The summed E-state index contributed by atoms with van der Waals surface area (Å²) in [7, 11) is 0. The lowest BCUT2D eigenvalue weighted by Gasteiger charge is -2.05. The van der Waals surface area contributed by atoms with E-state index in [1.165, 1.54) is 77.0 Å². The fourth-order valence-corrected chi connectivity index (χ4v) is 3.34. The molecule has 0 radical (unpaired) electrons. The van der Waals surface area contributed by atoms with Crippen molar-refractivity contribution in [2.75, 3.05) is 24.7 Å². The summed E-state index contributed by atoms with van der Waals surface area (Å²) in [5.41, 5.74) is 0. The summed E-state index contributed by atoms with van der Waals surface area (Å²) in [4.78, 5) is 11.4. The highest BCUT2D eigenvalue weighted by Crippen LogP contribution is 2.12. The van der Waals surface area contributed by atoms with Gasteiger partial charge in [-0.1, -0.05) is 84.0 Å². The molecule has 0 saturated carbocycles. The van der Waals surface area contributed by atoms with Crippen LogP contribution >= 0.6 is 11.8 Å². The molecule has 4 heteroatoms. The van der Waals surface area contributed by atoms with Crippen molar-refractivity contribution in [3.63, 3.8) is 0 Å². The fraction of sp³-hybridized carbons (Fsp3) is 0.950. The van der Waals surface area contributed by atoms with Crippen molar-refractivity contribution in [2.45, 2.75) is 96.8 Å². The number of hydrogen-bond acceptors (Lipinski definition) is 4. The van der Waals surface area contributed by atoms with Gasteiger partial charge in [0.2, 0.25) is 0 Å². The van der Waals surface area contributed by atoms with E-state index in [2.05, 4.69) is 6.92 Å². The van der Waals surface area contributed by atoms with Gasteiger partial charge in [0.1, 0.15) is 0 Å². The Morgan fingerprint density at radius 1 is 0.792 bits per heavy atom. The molecule has 1 N–H and O–H groups in total. The predicted molar refractivity (Wildman–Crippen MR) is 106 cm³/mol. The van der Waals surface area contributed by atoms with Crippen LogP contribution < -0.4 is 0 Å². The van der Waals surface area contributed by atoms with Crippen LogP contribution in [-0.4, -0.2) is 35.8 Å². The Labute approximate surface area is 154 Å². The van der Waals surface area contributed by atoms with Gasteiger partial charge >= 0.3 is 5.97 Å². The molecule has 0 bridgehead atoms. The number of carbonyl (C=O) groups is 1. The monoisotopic (exact) mass is 360 g/mol. The summed E-state index contributed by atoms with van der Waals surface area (Å²) in [5.74, 6) is 1.35. The summed E-state index contributed by atoms with van der Waals surface area (Å²) >= 11 is 1.59. The number of hydrogen-bond donors (Lipinski definition) is 1. The van der Waals surface area contributed by atoms with Crippen molar-refractivity contribution >= 4 is 17.7 Å². The molecule has 0 aromatic rings. The molecular formula is C20H40O3S. The van der Waals surface area contributed by atoms with Crippen LogP contribution in [0.2, 0.25) is 0 Å².